The molecule has 0 bridgehead atoms. The number of nitrogens with zero attached hydrogens (tertiary/aromatic N) is 1. The highest BCUT2D eigenvalue weighted by atomic mass is 35.5. The summed E-state index contributed by atoms with van der Waals surface area (Å²) >= 11 is 7.47. The van der Waals surface area contributed by atoms with Gasteiger partial charge >= 0.3 is 0 Å². The summed E-state index contributed by atoms with van der Waals surface area (Å²) in [5, 5.41) is 1.16. The van der Waals surface area contributed by atoms with Crippen molar-refractivity contribution >= 4 is 22.9 Å². The van der Waals surface area contributed by atoms with Crippen LogP contribution < -0.4 is 0 Å². The Labute approximate surface area is 76.4 Å². The van der Waals surface area contributed by atoms with Gasteiger partial charge in [0, 0.05) is 6.42 Å². The van der Waals surface area contributed by atoms with Gasteiger partial charge in [0.1, 0.15) is 4.34 Å². The molecule has 0 aromatic carbocycles. The standard InChI is InChI=1S/C8H12ClNS/c1-5(2)4-7-10-6(3)8(9)11-7/h5H,4H2,1-3H3. The molecule has 0 spiro atoms. The van der Waals surface area contributed by atoms with E-state index in [4.69, 9.17) is 11.6 Å². The average Bonchev–Trinajstić information content (AvgIpc) is 2.10. The molecule has 1 heterocycles. The Morgan fingerprint density at radius 2 is 2.18 bits per heavy atom. The maximum Gasteiger partial charge on any atom is 0.116 e. The van der Waals surface area contributed by atoms with Crippen LogP contribution in [0.3, 0.4) is 0 Å². The van der Waals surface area contributed by atoms with E-state index in [0.29, 0.717) is 5.92 Å². The Kier molecular flexibility index (Phi) is 2.90. The van der Waals surface area contributed by atoms with E-state index in [1.807, 2.05) is 6.92 Å². The summed E-state index contributed by atoms with van der Waals surface area (Å²) in [5.41, 5.74) is 0.965. The van der Waals surface area contributed by atoms with E-state index in [2.05, 4.69) is 18.8 Å². The van der Waals surface area contributed by atoms with Crippen molar-refractivity contribution < 1.29 is 0 Å². The smallest absolute Gasteiger partial charge is 0.116 e. The highest BCUT2D eigenvalue weighted by Crippen LogP contribution is 2.24. The fourth-order valence-electron chi connectivity index (χ4n) is 0.868. The van der Waals surface area contributed by atoms with Gasteiger partial charge in [0.25, 0.3) is 0 Å². The normalized spacial score (nSPS) is 11.0. The topological polar surface area (TPSA) is 12.9 Å². The molecule has 11 heavy (non-hydrogen) atoms. The van der Waals surface area contributed by atoms with Crippen molar-refractivity contribution in [3.63, 3.8) is 0 Å². The molecular formula is C8H12ClNS. The molecule has 0 amide bonds. The van der Waals surface area contributed by atoms with Crippen LogP contribution in [-0.2, 0) is 6.42 Å². The molecule has 0 N–H and O–H groups in total. The molecular weight excluding hydrogens is 178 g/mol. The second-order valence-electron chi connectivity index (χ2n) is 3.06. The monoisotopic (exact) mass is 189 g/mol. The lowest BCUT2D eigenvalue weighted by molar-refractivity contribution is 0.643. The molecule has 1 rings (SSSR count). The van der Waals surface area contributed by atoms with E-state index in [-0.39, 0.29) is 0 Å². The van der Waals surface area contributed by atoms with Gasteiger partial charge in [0.2, 0.25) is 0 Å². The zero-order chi connectivity index (χ0) is 8.43. The average molecular weight is 190 g/mol. The van der Waals surface area contributed by atoms with E-state index in [9.17, 15) is 0 Å². The fraction of sp³-hybridized carbons (Fsp3) is 0.625. The zero-order valence-corrected chi connectivity index (χ0v) is 8.59. The van der Waals surface area contributed by atoms with Crippen LogP contribution in [0.25, 0.3) is 0 Å². The number of aromatic nitrogens is 1. The minimum atomic E-state index is 0.664. The van der Waals surface area contributed by atoms with Gasteiger partial charge in [0.05, 0.1) is 10.7 Å². The molecule has 1 aromatic rings. The molecule has 0 fully saturated rings. The number of aryl methyl sites for hydroxylation is 1. The van der Waals surface area contributed by atoms with Gasteiger partial charge in [-0.2, -0.15) is 0 Å². The summed E-state index contributed by atoms with van der Waals surface area (Å²) in [5.74, 6) is 0.664. The van der Waals surface area contributed by atoms with Crippen LogP contribution in [0.1, 0.15) is 24.5 Å². The number of thiazole rings is 1. The highest BCUT2D eigenvalue weighted by molar-refractivity contribution is 7.16. The number of hydrogen-bond donors (Lipinski definition) is 0. The minimum Gasteiger partial charge on any atom is -0.245 e. The first-order valence-corrected chi connectivity index (χ1v) is 4.91. The van der Waals surface area contributed by atoms with Gasteiger partial charge in [-0.3, -0.25) is 0 Å². The summed E-state index contributed by atoms with van der Waals surface area (Å²) in [7, 11) is 0. The maximum atomic E-state index is 5.87. The van der Waals surface area contributed by atoms with E-state index in [1.54, 1.807) is 11.3 Å². The van der Waals surface area contributed by atoms with Crippen molar-refractivity contribution in [1.82, 2.24) is 4.98 Å². The predicted molar refractivity (Wildman–Crippen MR) is 50.4 cm³/mol. The van der Waals surface area contributed by atoms with Gasteiger partial charge in [-0.15, -0.1) is 11.3 Å². The second-order valence-corrected chi connectivity index (χ2v) is 4.75. The summed E-state index contributed by atoms with van der Waals surface area (Å²) in [4.78, 5) is 4.34. The molecule has 0 radical (unpaired) electrons. The molecule has 0 aliphatic rings. The van der Waals surface area contributed by atoms with Crippen molar-refractivity contribution in [3.05, 3.63) is 15.0 Å². The Morgan fingerprint density at radius 3 is 2.55 bits per heavy atom. The summed E-state index contributed by atoms with van der Waals surface area (Å²) < 4.78 is 0.834. The molecule has 0 unspecified atom stereocenters. The number of hydrogen-bond acceptors (Lipinski definition) is 2. The van der Waals surface area contributed by atoms with Crippen molar-refractivity contribution in [3.8, 4) is 0 Å². The van der Waals surface area contributed by atoms with Crippen molar-refractivity contribution in [1.29, 1.82) is 0 Å². The van der Waals surface area contributed by atoms with Crippen LogP contribution in [0.2, 0.25) is 4.34 Å². The van der Waals surface area contributed by atoms with E-state index in [1.165, 1.54) is 0 Å². The molecule has 0 aliphatic heterocycles. The molecule has 0 aliphatic carbocycles. The zero-order valence-electron chi connectivity index (χ0n) is 7.02. The SMILES string of the molecule is Cc1nc(CC(C)C)sc1Cl. The van der Waals surface area contributed by atoms with Crippen LogP contribution >= 0.6 is 22.9 Å². The minimum absolute atomic E-state index is 0.664. The first-order valence-electron chi connectivity index (χ1n) is 3.71. The summed E-state index contributed by atoms with van der Waals surface area (Å²) in [6, 6.07) is 0. The lowest BCUT2D eigenvalue weighted by Gasteiger charge is -1.97. The Bertz CT molecular complexity index is 223. The molecule has 62 valence electrons. The van der Waals surface area contributed by atoms with Crippen LogP contribution in [0, 0.1) is 12.8 Å². The van der Waals surface area contributed by atoms with Crippen LogP contribution in [0.5, 0.6) is 0 Å². The lowest BCUT2D eigenvalue weighted by atomic mass is 10.1. The van der Waals surface area contributed by atoms with Crippen molar-refractivity contribution in [2.75, 3.05) is 0 Å². The highest BCUT2D eigenvalue weighted by Gasteiger charge is 2.05. The fourth-order valence-corrected chi connectivity index (χ4v) is 2.18. The van der Waals surface area contributed by atoms with E-state index < -0.39 is 0 Å². The van der Waals surface area contributed by atoms with Crippen LogP contribution in [0.4, 0.5) is 0 Å². The first kappa shape index (κ1) is 9.01. The quantitative estimate of drug-likeness (QED) is 0.696. The second kappa shape index (κ2) is 3.55. The third-order valence-electron chi connectivity index (χ3n) is 1.37. The third-order valence-corrected chi connectivity index (χ3v) is 2.84. The largest absolute Gasteiger partial charge is 0.245 e. The van der Waals surface area contributed by atoms with Crippen molar-refractivity contribution in [2.45, 2.75) is 27.2 Å². The van der Waals surface area contributed by atoms with Crippen molar-refractivity contribution in [2.24, 2.45) is 5.92 Å². The van der Waals surface area contributed by atoms with Gasteiger partial charge in [-0.25, -0.2) is 4.98 Å². The number of halogens is 1. The van der Waals surface area contributed by atoms with Gasteiger partial charge in [0.15, 0.2) is 0 Å². The predicted octanol–water partition coefficient (Wildman–Crippen LogP) is 3.30. The van der Waals surface area contributed by atoms with Crippen LogP contribution in [-0.4, -0.2) is 4.98 Å². The van der Waals surface area contributed by atoms with Gasteiger partial charge < -0.3 is 0 Å². The molecule has 1 aromatic heterocycles. The Hall–Kier alpha value is -0.0800. The van der Waals surface area contributed by atoms with E-state index in [0.717, 1.165) is 21.5 Å². The lowest BCUT2D eigenvalue weighted by Crippen LogP contribution is -1.92. The molecule has 3 heteroatoms. The molecule has 0 atom stereocenters. The van der Waals surface area contributed by atoms with Crippen LogP contribution in [0.15, 0.2) is 0 Å². The maximum absolute atomic E-state index is 5.87. The summed E-state index contributed by atoms with van der Waals surface area (Å²) in [6.07, 6.45) is 1.04. The molecule has 0 saturated carbocycles. The van der Waals surface area contributed by atoms with Gasteiger partial charge in [-0.05, 0) is 12.8 Å². The molecule has 1 nitrogen and oxygen atoms in total. The van der Waals surface area contributed by atoms with Gasteiger partial charge in [-0.1, -0.05) is 25.4 Å². The third kappa shape index (κ3) is 2.46. The number of rotatable bonds is 2. The Morgan fingerprint density at radius 1 is 1.55 bits per heavy atom. The first-order chi connectivity index (χ1) is 5.09. The molecule has 0 saturated heterocycles. The Balaban J connectivity index is 2.73. The van der Waals surface area contributed by atoms with E-state index >= 15 is 0 Å². The summed E-state index contributed by atoms with van der Waals surface area (Å²) in [6.45, 7) is 6.32.